The first-order chi connectivity index (χ1) is 9.90. The van der Waals surface area contributed by atoms with Gasteiger partial charge in [-0.25, -0.2) is 0 Å². The summed E-state index contributed by atoms with van der Waals surface area (Å²) in [5, 5.41) is 3.46. The maximum Gasteiger partial charge on any atom is 0.230 e. The fourth-order valence-corrected chi connectivity index (χ4v) is 4.26. The highest BCUT2D eigenvalue weighted by molar-refractivity contribution is 5.83. The summed E-state index contributed by atoms with van der Waals surface area (Å²) in [5.41, 5.74) is 0.336. The number of hydrogen-bond donors (Lipinski definition) is 1. The van der Waals surface area contributed by atoms with Crippen molar-refractivity contribution in [3.8, 4) is 0 Å². The maximum atomic E-state index is 13.2. The van der Waals surface area contributed by atoms with Crippen LogP contribution in [0.4, 0.5) is 0 Å². The average molecular weight is 294 g/mol. The van der Waals surface area contributed by atoms with Crippen molar-refractivity contribution in [1.82, 2.24) is 10.2 Å². The number of carbonyl (C=O) groups is 1. The first-order valence-electron chi connectivity index (χ1n) is 8.88. The van der Waals surface area contributed by atoms with Gasteiger partial charge in [-0.1, -0.05) is 27.2 Å². The van der Waals surface area contributed by atoms with E-state index < -0.39 is 0 Å². The minimum atomic E-state index is -0.130. The Morgan fingerprint density at radius 3 is 2.43 bits per heavy atom. The minimum absolute atomic E-state index is 0.130. The van der Waals surface area contributed by atoms with Crippen LogP contribution in [0.5, 0.6) is 0 Å². The van der Waals surface area contributed by atoms with Gasteiger partial charge < -0.3 is 10.2 Å². The Bertz CT molecular complexity index is 343. The SMILES string of the molecule is CCCC1(C(=O)N(C)C2CCC(C)(C)CC2)CCCNC1. The molecule has 3 heteroatoms. The molecule has 2 aliphatic rings. The summed E-state index contributed by atoms with van der Waals surface area (Å²) in [7, 11) is 2.05. The molecule has 1 atom stereocenters. The van der Waals surface area contributed by atoms with Crippen molar-refractivity contribution >= 4 is 5.91 Å². The number of piperidine rings is 1. The molecule has 1 heterocycles. The highest BCUT2D eigenvalue weighted by atomic mass is 16.2. The minimum Gasteiger partial charge on any atom is -0.342 e. The lowest BCUT2D eigenvalue weighted by molar-refractivity contribution is -0.145. The van der Waals surface area contributed by atoms with E-state index in [1.807, 2.05) is 0 Å². The van der Waals surface area contributed by atoms with E-state index in [1.54, 1.807) is 0 Å². The molecule has 21 heavy (non-hydrogen) atoms. The number of nitrogens with zero attached hydrogens (tertiary/aromatic N) is 1. The normalized spacial score (nSPS) is 30.1. The van der Waals surface area contributed by atoms with Crippen LogP contribution in [-0.4, -0.2) is 37.0 Å². The van der Waals surface area contributed by atoms with E-state index in [4.69, 9.17) is 0 Å². The summed E-state index contributed by atoms with van der Waals surface area (Å²) in [5.74, 6) is 0.404. The van der Waals surface area contributed by atoms with Crippen molar-refractivity contribution in [1.29, 1.82) is 0 Å². The molecule has 1 amide bonds. The van der Waals surface area contributed by atoms with Crippen LogP contribution in [0.3, 0.4) is 0 Å². The number of amides is 1. The molecule has 0 aromatic rings. The monoisotopic (exact) mass is 294 g/mol. The highest BCUT2D eigenvalue weighted by Crippen LogP contribution is 2.39. The van der Waals surface area contributed by atoms with Gasteiger partial charge in [0.25, 0.3) is 0 Å². The molecule has 0 aromatic carbocycles. The molecule has 0 spiro atoms. The van der Waals surface area contributed by atoms with Crippen molar-refractivity contribution in [2.45, 2.75) is 78.2 Å². The van der Waals surface area contributed by atoms with Gasteiger partial charge in [0.15, 0.2) is 0 Å². The van der Waals surface area contributed by atoms with Crippen LogP contribution >= 0.6 is 0 Å². The summed E-state index contributed by atoms with van der Waals surface area (Å²) in [6.07, 6.45) is 9.16. The fourth-order valence-electron chi connectivity index (χ4n) is 4.26. The van der Waals surface area contributed by atoms with Crippen LogP contribution in [0.15, 0.2) is 0 Å². The van der Waals surface area contributed by atoms with Crippen molar-refractivity contribution in [2.24, 2.45) is 10.8 Å². The smallest absolute Gasteiger partial charge is 0.230 e. The third-order valence-electron chi connectivity index (χ3n) is 5.83. The van der Waals surface area contributed by atoms with Crippen LogP contribution in [0.25, 0.3) is 0 Å². The molecule has 0 radical (unpaired) electrons. The largest absolute Gasteiger partial charge is 0.342 e. The number of rotatable bonds is 4. The van der Waals surface area contributed by atoms with Crippen LogP contribution in [-0.2, 0) is 4.79 Å². The average Bonchev–Trinajstić information content (AvgIpc) is 2.47. The first-order valence-corrected chi connectivity index (χ1v) is 8.88. The van der Waals surface area contributed by atoms with E-state index in [1.165, 1.54) is 25.7 Å². The van der Waals surface area contributed by atoms with Crippen molar-refractivity contribution in [3.05, 3.63) is 0 Å². The predicted molar refractivity (Wildman–Crippen MR) is 88.3 cm³/mol. The number of hydrogen-bond acceptors (Lipinski definition) is 2. The molecular formula is C18H34N2O. The molecule has 3 nitrogen and oxygen atoms in total. The molecule has 2 fully saturated rings. The van der Waals surface area contributed by atoms with Crippen LogP contribution in [0.2, 0.25) is 0 Å². The van der Waals surface area contributed by atoms with Crippen molar-refractivity contribution < 1.29 is 4.79 Å². The lowest BCUT2D eigenvalue weighted by Gasteiger charge is -2.44. The van der Waals surface area contributed by atoms with Gasteiger partial charge in [-0.15, -0.1) is 0 Å². The van der Waals surface area contributed by atoms with Gasteiger partial charge in [0.1, 0.15) is 0 Å². The summed E-state index contributed by atoms with van der Waals surface area (Å²) < 4.78 is 0. The summed E-state index contributed by atoms with van der Waals surface area (Å²) in [4.78, 5) is 15.3. The molecule has 2 rings (SSSR count). The summed E-state index contributed by atoms with van der Waals surface area (Å²) >= 11 is 0. The molecule has 122 valence electrons. The summed E-state index contributed by atoms with van der Waals surface area (Å²) in [6, 6.07) is 0.459. The lowest BCUT2D eigenvalue weighted by atomic mass is 9.73. The number of carbonyl (C=O) groups excluding carboxylic acids is 1. The predicted octanol–water partition coefficient (Wildman–Crippen LogP) is 3.58. The Kier molecular flexibility index (Phi) is 5.34. The Morgan fingerprint density at radius 1 is 1.24 bits per heavy atom. The molecule has 1 N–H and O–H groups in total. The second-order valence-corrected chi connectivity index (χ2v) is 8.12. The van der Waals surface area contributed by atoms with Gasteiger partial charge in [0.05, 0.1) is 5.41 Å². The lowest BCUT2D eigenvalue weighted by Crippen LogP contribution is -2.54. The Balaban J connectivity index is 2.03. The van der Waals surface area contributed by atoms with Crippen molar-refractivity contribution in [2.75, 3.05) is 20.1 Å². The molecule has 1 saturated heterocycles. The van der Waals surface area contributed by atoms with E-state index in [2.05, 4.69) is 38.0 Å². The molecule has 1 aliphatic heterocycles. The first kappa shape index (κ1) is 16.8. The third kappa shape index (κ3) is 3.80. The van der Waals surface area contributed by atoms with E-state index in [-0.39, 0.29) is 5.41 Å². The second kappa shape index (κ2) is 6.68. The quantitative estimate of drug-likeness (QED) is 0.859. The van der Waals surface area contributed by atoms with E-state index in [0.717, 1.165) is 38.8 Å². The molecule has 1 aliphatic carbocycles. The van der Waals surface area contributed by atoms with E-state index >= 15 is 0 Å². The van der Waals surface area contributed by atoms with Crippen LogP contribution < -0.4 is 5.32 Å². The zero-order chi connectivity index (χ0) is 15.5. The molecular weight excluding hydrogens is 260 g/mol. The Labute approximate surface area is 130 Å². The van der Waals surface area contributed by atoms with Gasteiger partial charge in [0.2, 0.25) is 5.91 Å². The topological polar surface area (TPSA) is 32.3 Å². The standard InChI is InChI=1S/C18H34N2O/c1-5-9-18(10-6-13-19-14-18)16(21)20(4)15-7-11-17(2,3)12-8-15/h15,19H,5-14H2,1-4H3. The molecule has 1 unspecified atom stereocenters. The van der Waals surface area contributed by atoms with E-state index in [9.17, 15) is 4.79 Å². The van der Waals surface area contributed by atoms with Crippen LogP contribution in [0, 0.1) is 10.8 Å². The van der Waals surface area contributed by atoms with Gasteiger partial charge in [-0.3, -0.25) is 4.79 Å². The molecule has 0 bridgehead atoms. The van der Waals surface area contributed by atoms with Gasteiger partial charge in [-0.05, 0) is 56.9 Å². The highest BCUT2D eigenvalue weighted by Gasteiger charge is 2.42. The summed E-state index contributed by atoms with van der Waals surface area (Å²) in [6.45, 7) is 8.86. The number of nitrogens with one attached hydrogen (secondary N) is 1. The fraction of sp³-hybridized carbons (Fsp3) is 0.944. The molecule has 1 saturated carbocycles. The van der Waals surface area contributed by atoms with Crippen LogP contribution in [0.1, 0.15) is 72.1 Å². The Hall–Kier alpha value is -0.570. The van der Waals surface area contributed by atoms with Crippen molar-refractivity contribution in [3.63, 3.8) is 0 Å². The van der Waals surface area contributed by atoms with E-state index in [0.29, 0.717) is 17.4 Å². The second-order valence-electron chi connectivity index (χ2n) is 8.12. The Morgan fingerprint density at radius 2 is 1.90 bits per heavy atom. The zero-order valence-corrected chi connectivity index (χ0v) is 14.5. The van der Waals surface area contributed by atoms with Gasteiger partial charge in [-0.2, -0.15) is 0 Å². The maximum absolute atomic E-state index is 13.2. The van der Waals surface area contributed by atoms with Gasteiger partial charge >= 0.3 is 0 Å². The molecule has 0 aromatic heterocycles. The van der Waals surface area contributed by atoms with Gasteiger partial charge in [0, 0.05) is 19.6 Å². The zero-order valence-electron chi connectivity index (χ0n) is 14.5. The third-order valence-corrected chi connectivity index (χ3v) is 5.83.